The van der Waals surface area contributed by atoms with Crippen molar-refractivity contribution in [3.8, 4) is 5.75 Å². The average Bonchev–Trinajstić information content (AvgIpc) is 3.69. The van der Waals surface area contributed by atoms with Crippen LogP contribution in [0.15, 0.2) is 91.1 Å². The number of nitrogens with one attached hydrogen (secondary N) is 1. The molecule has 3 heterocycles. The highest BCUT2D eigenvalue weighted by Gasteiger charge is 2.73. The molecule has 47 heavy (non-hydrogen) atoms. The van der Waals surface area contributed by atoms with Gasteiger partial charge < -0.3 is 24.3 Å². The predicted octanol–water partition coefficient (Wildman–Crippen LogP) is 3.43. The number of benzene rings is 3. The van der Waals surface area contributed by atoms with Crippen molar-refractivity contribution in [1.82, 2.24) is 20.3 Å². The zero-order chi connectivity index (χ0) is 33.0. The summed E-state index contributed by atoms with van der Waals surface area (Å²) in [5, 5.41) is 11.2. The van der Waals surface area contributed by atoms with E-state index in [0.29, 0.717) is 23.7 Å². The van der Waals surface area contributed by atoms with E-state index in [2.05, 4.69) is 15.6 Å². The summed E-state index contributed by atoms with van der Waals surface area (Å²) >= 11 is 0. The van der Waals surface area contributed by atoms with Gasteiger partial charge in [-0.15, -0.1) is 5.10 Å². The number of β-lactam (4-membered cyclic amide) rings is 1. The minimum atomic E-state index is -2.20. The number of carbonyl (C=O) groups excluding carboxylic acids is 3. The molecule has 2 aliphatic rings. The van der Waals surface area contributed by atoms with E-state index in [1.807, 2.05) is 60.7 Å². The van der Waals surface area contributed by atoms with Gasteiger partial charge >= 0.3 is 5.97 Å². The van der Waals surface area contributed by atoms with Crippen LogP contribution in [0.1, 0.15) is 37.1 Å². The maximum Gasteiger partial charge on any atom is 0.307 e. The van der Waals surface area contributed by atoms with Crippen molar-refractivity contribution in [2.24, 2.45) is 0 Å². The monoisotopic (exact) mass is 639 g/mol. The third kappa shape index (κ3) is 6.74. The maximum atomic E-state index is 14.2. The first-order valence-corrected chi connectivity index (χ1v) is 15.4. The molecule has 12 heteroatoms. The van der Waals surface area contributed by atoms with Crippen LogP contribution in [0.25, 0.3) is 0 Å². The standard InChI is InChI=1S/C35H37N5O7/c1-34(2)45-23-29(46-34)31-35(32(42)36-20-24-10-6-4-7-11-24,33(43)40(31)27-15-17-28(44-3)18-16-27)47-30(41)19-14-26-22-39(38-37-26)21-25-12-8-5-9-13-25/h4-13,15-18,22,29,31H,14,19-21,23H2,1-3H3,(H,36,42)/t29-,31+,35+/m1/s1. The molecule has 0 aliphatic carbocycles. The summed E-state index contributed by atoms with van der Waals surface area (Å²) in [4.78, 5) is 43.4. The normalized spacial score (nSPS) is 21.6. The number of rotatable bonds is 12. The van der Waals surface area contributed by atoms with Gasteiger partial charge in [-0.05, 0) is 49.2 Å². The smallest absolute Gasteiger partial charge is 0.307 e. The number of hydrogen-bond donors (Lipinski definition) is 1. The quantitative estimate of drug-likeness (QED) is 0.141. The molecule has 1 aromatic heterocycles. The number of aryl methyl sites for hydroxylation is 1. The van der Waals surface area contributed by atoms with Gasteiger partial charge in [0.15, 0.2) is 5.79 Å². The molecule has 12 nitrogen and oxygen atoms in total. The molecule has 0 spiro atoms. The number of carbonyl (C=O) groups is 3. The molecule has 1 N–H and O–H groups in total. The van der Waals surface area contributed by atoms with E-state index in [0.717, 1.165) is 11.1 Å². The molecule has 0 saturated carbocycles. The van der Waals surface area contributed by atoms with Crippen LogP contribution < -0.4 is 15.0 Å². The second kappa shape index (κ2) is 13.3. The lowest BCUT2D eigenvalue weighted by atomic mass is 9.76. The highest BCUT2D eigenvalue weighted by Crippen LogP contribution is 2.45. The van der Waals surface area contributed by atoms with Crippen molar-refractivity contribution in [1.29, 1.82) is 0 Å². The molecule has 0 unspecified atom stereocenters. The van der Waals surface area contributed by atoms with Crippen LogP contribution >= 0.6 is 0 Å². The first kappa shape index (κ1) is 31.9. The summed E-state index contributed by atoms with van der Waals surface area (Å²) in [6.45, 7) is 4.23. The van der Waals surface area contributed by atoms with Crippen molar-refractivity contribution in [3.05, 3.63) is 108 Å². The Labute approximate surface area is 272 Å². The molecular formula is C35H37N5O7. The summed E-state index contributed by atoms with van der Waals surface area (Å²) in [6, 6.07) is 24.9. The molecule has 2 amide bonds. The number of hydrogen-bond acceptors (Lipinski definition) is 9. The maximum absolute atomic E-state index is 14.2. The number of amides is 2. The van der Waals surface area contributed by atoms with Crippen LogP contribution in [0.3, 0.4) is 0 Å². The molecule has 2 saturated heterocycles. The van der Waals surface area contributed by atoms with E-state index in [4.69, 9.17) is 18.9 Å². The minimum Gasteiger partial charge on any atom is -0.497 e. The average molecular weight is 640 g/mol. The van der Waals surface area contributed by atoms with Crippen LogP contribution in [0.2, 0.25) is 0 Å². The third-order valence-corrected chi connectivity index (χ3v) is 8.23. The number of ether oxygens (including phenoxy) is 4. The van der Waals surface area contributed by atoms with Gasteiger partial charge in [0.2, 0.25) is 0 Å². The highest BCUT2D eigenvalue weighted by atomic mass is 16.7. The van der Waals surface area contributed by atoms with E-state index >= 15 is 0 Å². The molecular weight excluding hydrogens is 602 g/mol. The zero-order valence-electron chi connectivity index (χ0n) is 26.5. The fourth-order valence-electron chi connectivity index (χ4n) is 5.92. The number of methoxy groups -OCH3 is 1. The Bertz CT molecular complexity index is 1710. The summed E-state index contributed by atoms with van der Waals surface area (Å²) in [7, 11) is 1.55. The highest BCUT2D eigenvalue weighted by molar-refractivity contribution is 6.23. The van der Waals surface area contributed by atoms with Crippen molar-refractivity contribution < 1.29 is 33.3 Å². The van der Waals surface area contributed by atoms with Gasteiger partial charge in [-0.25, -0.2) is 4.68 Å². The van der Waals surface area contributed by atoms with Gasteiger partial charge in [-0.2, -0.15) is 0 Å². The van der Waals surface area contributed by atoms with Crippen molar-refractivity contribution in [2.45, 2.75) is 63.3 Å². The lowest BCUT2D eigenvalue weighted by Crippen LogP contribution is -2.83. The summed E-state index contributed by atoms with van der Waals surface area (Å²) in [6.07, 6.45) is 1.05. The summed E-state index contributed by atoms with van der Waals surface area (Å²) in [5.74, 6) is -2.54. The third-order valence-electron chi connectivity index (χ3n) is 8.23. The second-order valence-corrected chi connectivity index (χ2v) is 12.0. The van der Waals surface area contributed by atoms with Gasteiger partial charge in [0.05, 0.1) is 32.4 Å². The van der Waals surface area contributed by atoms with Crippen LogP contribution in [0, 0.1) is 0 Å². The summed E-state index contributed by atoms with van der Waals surface area (Å²) in [5.41, 5.74) is 0.741. The molecule has 2 aliphatic heterocycles. The first-order chi connectivity index (χ1) is 22.7. The first-order valence-electron chi connectivity index (χ1n) is 15.4. The van der Waals surface area contributed by atoms with E-state index in [-0.39, 0.29) is 26.0 Å². The Kier molecular flexibility index (Phi) is 9.06. The Balaban J connectivity index is 1.26. The molecule has 6 rings (SSSR count). The van der Waals surface area contributed by atoms with Crippen LogP contribution in [0.4, 0.5) is 5.69 Å². The van der Waals surface area contributed by atoms with Gasteiger partial charge in [-0.3, -0.25) is 19.3 Å². The molecule has 244 valence electrons. The number of aromatic nitrogens is 3. The van der Waals surface area contributed by atoms with E-state index in [1.165, 1.54) is 4.90 Å². The summed E-state index contributed by atoms with van der Waals surface area (Å²) < 4.78 is 25.0. The van der Waals surface area contributed by atoms with Crippen molar-refractivity contribution >= 4 is 23.5 Å². The molecule has 3 aromatic carbocycles. The number of anilines is 1. The van der Waals surface area contributed by atoms with Gasteiger partial charge in [0.1, 0.15) is 17.9 Å². The lowest BCUT2D eigenvalue weighted by Gasteiger charge is -2.54. The van der Waals surface area contributed by atoms with E-state index < -0.39 is 41.3 Å². The number of nitrogens with zero attached hydrogens (tertiary/aromatic N) is 4. The fraction of sp³-hybridized carbons (Fsp3) is 0.343. The molecule has 0 bridgehead atoms. The Morgan fingerprint density at radius 2 is 1.66 bits per heavy atom. The topological polar surface area (TPSA) is 134 Å². The van der Waals surface area contributed by atoms with E-state index in [9.17, 15) is 14.4 Å². The second-order valence-electron chi connectivity index (χ2n) is 12.0. The van der Waals surface area contributed by atoms with Gasteiger partial charge in [0.25, 0.3) is 17.4 Å². The van der Waals surface area contributed by atoms with Crippen molar-refractivity contribution in [3.63, 3.8) is 0 Å². The zero-order valence-corrected chi connectivity index (χ0v) is 26.5. The lowest BCUT2D eigenvalue weighted by molar-refractivity contribution is -0.196. The Morgan fingerprint density at radius 3 is 2.30 bits per heavy atom. The van der Waals surface area contributed by atoms with Gasteiger partial charge in [0, 0.05) is 24.8 Å². The van der Waals surface area contributed by atoms with E-state index in [1.54, 1.807) is 56.1 Å². The van der Waals surface area contributed by atoms with Gasteiger partial charge in [-0.1, -0.05) is 65.9 Å². The minimum absolute atomic E-state index is 0.0768. The number of esters is 1. The molecule has 4 aromatic rings. The fourth-order valence-corrected chi connectivity index (χ4v) is 5.92. The Morgan fingerprint density at radius 1 is 0.979 bits per heavy atom. The SMILES string of the molecule is COc1ccc(N2C(=O)[C@@](OC(=O)CCc3cn(Cc4ccccc4)nn3)(C(=O)NCc3ccccc3)[C@@H]2[C@H]2COC(C)(C)O2)cc1. The van der Waals surface area contributed by atoms with Crippen LogP contribution in [0.5, 0.6) is 5.75 Å². The Hall–Kier alpha value is -5.07. The molecule has 2 fully saturated rings. The molecule has 3 atom stereocenters. The largest absolute Gasteiger partial charge is 0.497 e. The van der Waals surface area contributed by atoms with Crippen LogP contribution in [-0.2, 0) is 48.1 Å². The van der Waals surface area contributed by atoms with Crippen molar-refractivity contribution in [2.75, 3.05) is 18.6 Å². The predicted molar refractivity (Wildman–Crippen MR) is 170 cm³/mol. The molecule has 0 radical (unpaired) electrons. The van der Waals surface area contributed by atoms with Crippen LogP contribution in [-0.4, -0.2) is 70.0 Å².